The van der Waals surface area contributed by atoms with Crippen molar-refractivity contribution in [1.29, 1.82) is 0 Å². The number of hydrogen-bond donors (Lipinski definition) is 0. The van der Waals surface area contributed by atoms with Crippen LogP contribution in [-0.2, 0) is 16.4 Å². The molecule has 0 saturated carbocycles. The van der Waals surface area contributed by atoms with E-state index in [0.29, 0.717) is 17.3 Å². The van der Waals surface area contributed by atoms with Crippen molar-refractivity contribution in [3.8, 4) is 17.0 Å². The van der Waals surface area contributed by atoms with E-state index in [1.54, 1.807) is 30.7 Å². The molecule has 2 aliphatic rings. The maximum Gasteiger partial charge on any atom is 0.221 e. The molecule has 29 heavy (non-hydrogen) atoms. The third kappa shape index (κ3) is 2.97. The summed E-state index contributed by atoms with van der Waals surface area (Å²) in [6, 6.07) is 9.43. The van der Waals surface area contributed by atoms with Crippen molar-refractivity contribution in [3.63, 3.8) is 0 Å². The first kappa shape index (κ1) is 18.7. The number of aryl methyl sites for hydroxylation is 1. The molecule has 1 saturated heterocycles. The minimum Gasteiger partial charge on any atom is -0.481 e. The van der Waals surface area contributed by atoms with E-state index in [1.165, 1.54) is 4.88 Å². The molecule has 0 N–H and O–H groups in total. The Morgan fingerprint density at radius 1 is 1.24 bits per heavy atom. The van der Waals surface area contributed by atoms with Crippen LogP contribution in [0.3, 0.4) is 0 Å². The predicted octanol–water partition coefficient (Wildman–Crippen LogP) is 3.28. The molecule has 5 rings (SSSR count). The average Bonchev–Trinajstić information content (AvgIpc) is 3.39. The Bertz CT molecular complexity index is 1190. The van der Waals surface area contributed by atoms with E-state index in [9.17, 15) is 8.42 Å². The fourth-order valence-corrected chi connectivity index (χ4v) is 7.49. The van der Waals surface area contributed by atoms with Crippen molar-refractivity contribution in [2.45, 2.75) is 29.5 Å². The molecule has 0 amide bonds. The molecule has 0 bridgehead atoms. The highest BCUT2D eigenvalue weighted by Crippen LogP contribution is 2.46. The van der Waals surface area contributed by atoms with Crippen molar-refractivity contribution in [2.75, 3.05) is 20.2 Å². The first-order valence-electron chi connectivity index (χ1n) is 9.47. The number of methoxy groups -OCH3 is 1. The van der Waals surface area contributed by atoms with Gasteiger partial charge in [0, 0.05) is 42.2 Å². The number of likely N-dealkylation sites (tertiary alicyclic amines) is 1. The highest BCUT2D eigenvalue weighted by Gasteiger charge is 2.50. The van der Waals surface area contributed by atoms with E-state index in [-0.39, 0.29) is 11.2 Å². The molecule has 6 nitrogen and oxygen atoms in total. The lowest BCUT2D eigenvalue weighted by Gasteiger charge is -2.17. The number of aromatic nitrogens is 2. The van der Waals surface area contributed by atoms with Crippen LogP contribution < -0.4 is 4.74 Å². The Morgan fingerprint density at radius 3 is 2.86 bits per heavy atom. The zero-order chi connectivity index (χ0) is 20.2. The second kappa shape index (κ2) is 6.90. The minimum atomic E-state index is -3.32. The lowest BCUT2D eigenvalue weighted by molar-refractivity contribution is 0.327. The van der Waals surface area contributed by atoms with Crippen LogP contribution >= 0.6 is 11.3 Å². The van der Waals surface area contributed by atoms with Gasteiger partial charge in [-0.05, 0) is 42.3 Å². The van der Waals surface area contributed by atoms with Crippen LogP contribution in [0.1, 0.15) is 22.1 Å². The van der Waals surface area contributed by atoms with E-state index in [2.05, 4.69) is 14.9 Å². The zero-order valence-electron chi connectivity index (χ0n) is 16.2. The number of fused-ring (bicyclic) bond motifs is 3. The molecule has 8 heteroatoms. The molecule has 1 aromatic carbocycles. The van der Waals surface area contributed by atoms with Crippen LogP contribution in [0, 0.1) is 6.92 Å². The number of rotatable bonds is 4. The van der Waals surface area contributed by atoms with Crippen LogP contribution in [-0.4, -0.2) is 48.7 Å². The van der Waals surface area contributed by atoms with Gasteiger partial charge in [-0.15, -0.1) is 11.3 Å². The summed E-state index contributed by atoms with van der Waals surface area (Å²) in [5.41, 5.74) is 5.60. The lowest BCUT2D eigenvalue weighted by Crippen LogP contribution is -2.25. The quantitative estimate of drug-likeness (QED) is 0.636. The maximum absolute atomic E-state index is 13.2. The highest BCUT2D eigenvalue weighted by molar-refractivity contribution is 7.92. The van der Waals surface area contributed by atoms with Gasteiger partial charge < -0.3 is 4.74 Å². The summed E-state index contributed by atoms with van der Waals surface area (Å²) in [7, 11) is -1.73. The van der Waals surface area contributed by atoms with E-state index >= 15 is 0 Å². The third-order valence-electron chi connectivity index (χ3n) is 5.94. The van der Waals surface area contributed by atoms with Crippen molar-refractivity contribution < 1.29 is 13.2 Å². The molecule has 3 aromatic rings. The SMILES string of the molecule is COc1ncccc1-c1ccc2c(c1)[C@@H]1CN(Cc3scnc3C)C[C@@H]1S2(=O)=O. The second-order valence-corrected chi connectivity index (χ2v) is 10.6. The third-order valence-corrected chi connectivity index (χ3v) is 9.12. The van der Waals surface area contributed by atoms with Crippen LogP contribution in [0.4, 0.5) is 0 Å². The van der Waals surface area contributed by atoms with Crippen LogP contribution in [0.25, 0.3) is 11.1 Å². The summed E-state index contributed by atoms with van der Waals surface area (Å²) in [4.78, 5) is 12.5. The Balaban J connectivity index is 1.51. The van der Waals surface area contributed by atoms with Crippen molar-refractivity contribution in [3.05, 3.63) is 58.2 Å². The molecule has 0 spiro atoms. The van der Waals surface area contributed by atoms with Gasteiger partial charge in [0.25, 0.3) is 0 Å². The number of sulfone groups is 1. The Morgan fingerprint density at radius 2 is 2.10 bits per heavy atom. The zero-order valence-corrected chi connectivity index (χ0v) is 17.8. The van der Waals surface area contributed by atoms with Crippen LogP contribution in [0.15, 0.2) is 46.9 Å². The van der Waals surface area contributed by atoms with Gasteiger partial charge in [0.2, 0.25) is 5.88 Å². The molecule has 2 atom stereocenters. The van der Waals surface area contributed by atoms with Gasteiger partial charge in [0.1, 0.15) is 0 Å². The molecule has 0 aliphatic carbocycles. The summed E-state index contributed by atoms with van der Waals surface area (Å²) in [5.74, 6) is 0.532. The monoisotopic (exact) mass is 427 g/mol. The average molecular weight is 428 g/mol. The maximum atomic E-state index is 13.2. The molecule has 0 radical (unpaired) electrons. The molecule has 4 heterocycles. The molecule has 150 valence electrons. The van der Waals surface area contributed by atoms with Crippen molar-refractivity contribution in [2.24, 2.45) is 0 Å². The van der Waals surface area contributed by atoms with Crippen LogP contribution in [0.5, 0.6) is 5.88 Å². The van der Waals surface area contributed by atoms with E-state index in [1.807, 2.05) is 36.7 Å². The topological polar surface area (TPSA) is 72.4 Å². The second-order valence-electron chi connectivity index (χ2n) is 7.56. The Kier molecular flexibility index (Phi) is 4.45. The van der Waals surface area contributed by atoms with Gasteiger partial charge >= 0.3 is 0 Å². The summed E-state index contributed by atoms with van der Waals surface area (Å²) in [6.07, 6.45) is 1.69. The fraction of sp³-hybridized carbons (Fsp3) is 0.333. The fourth-order valence-electron chi connectivity index (χ4n) is 4.48. The first-order chi connectivity index (χ1) is 14.0. The van der Waals surface area contributed by atoms with Crippen molar-refractivity contribution in [1.82, 2.24) is 14.9 Å². The number of pyridine rings is 1. The molecule has 2 aromatic heterocycles. The van der Waals surface area contributed by atoms with Gasteiger partial charge in [0.05, 0.1) is 28.5 Å². The Labute approximate surface area is 174 Å². The first-order valence-corrected chi connectivity index (χ1v) is 11.9. The van der Waals surface area contributed by atoms with E-state index in [0.717, 1.165) is 35.5 Å². The van der Waals surface area contributed by atoms with Gasteiger partial charge in [-0.25, -0.2) is 18.4 Å². The number of hydrogen-bond acceptors (Lipinski definition) is 7. The Hall–Kier alpha value is -2.29. The highest BCUT2D eigenvalue weighted by atomic mass is 32.2. The predicted molar refractivity (Wildman–Crippen MR) is 112 cm³/mol. The molecular formula is C21H21N3O3S2. The number of ether oxygens (including phenoxy) is 1. The van der Waals surface area contributed by atoms with E-state index < -0.39 is 9.84 Å². The summed E-state index contributed by atoms with van der Waals surface area (Å²) in [6.45, 7) is 4.05. The summed E-state index contributed by atoms with van der Waals surface area (Å²) in [5, 5.41) is -0.378. The molecular weight excluding hydrogens is 406 g/mol. The minimum absolute atomic E-state index is 0.00848. The van der Waals surface area contributed by atoms with Gasteiger partial charge in [0.15, 0.2) is 9.84 Å². The van der Waals surface area contributed by atoms with E-state index in [4.69, 9.17) is 4.74 Å². The lowest BCUT2D eigenvalue weighted by atomic mass is 9.95. The smallest absolute Gasteiger partial charge is 0.221 e. The number of thiazole rings is 1. The van der Waals surface area contributed by atoms with Gasteiger partial charge in [-0.1, -0.05) is 6.07 Å². The van der Waals surface area contributed by atoms with Gasteiger partial charge in [-0.3, -0.25) is 4.90 Å². The largest absolute Gasteiger partial charge is 0.481 e. The normalized spacial score (nSPS) is 22.4. The van der Waals surface area contributed by atoms with Gasteiger partial charge in [-0.2, -0.15) is 0 Å². The summed E-state index contributed by atoms with van der Waals surface area (Å²) < 4.78 is 31.7. The number of nitrogens with zero attached hydrogens (tertiary/aromatic N) is 3. The molecule has 0 unspecified atom stereocenters. The number of benzene rings is 1. The molecule has 1 fully saturated rings. The molecule has 2 aliphatic heterocycles. The van der Waals surface area contributed by atoms with Crippen molar-refractivity contribution >= 4 is 21.2 Å². The summed E-state index contributed by atoms with van der Waals surface area (Å²) >= 11 is 1.63. The standard InChI is InChI=1S/C21H21N3O3S2/c1-13-18(28-12-23-13)10-24-9-17-16-8-14(15-4-3-7-22-21(15)27-2)5-6-19(16)29(25,26)20(17)11-24/h3-8,12,17,20H,9-11H2,1-2H3/t17-,20-/m0/s1. The van der Waals surface area contributed by atoms with Crippen LogP contribution in [0.2, 0.25) is 0 Å².